The van der Waals surface area contributed by atoms with E-state index in [1.807, 2.05) is 30.3 Å². The van der Waals surface area contributed by atoms with Crippen LogP contribution >= 0.6 is 0 Å². The Hall–Kier alpha value is -2.86. The smallest absolute Gasteiger partial charge is 0.261 e. The van der Waals surface area contributed by atoms with E-state index >= 15 is 0 Å². The van der Waals surface area contributed by atoms with Gasteiger partial charge in [-0.2, -0.15) is 0 Å². The van der Waals surface area contributed by atoms with E-state index in [0.29, 0.717) is 17.4 Å². The molecule has 0 fully saturated rings. The Kier molecular flexibility index (Phi) is 4.77. The van der Waals surface area contributed by atoms with E-state index < -0.39 is 6.10 Å². The summed E-state index contributed by atoms with van der Waals surface area (Å²) in [4.78, 5) is 16.6. The molecule has 0 aliphatic heterocycles. The Balaban J connectivity index is 1.67. The minimum absolute atomic E-state index is 0.152. The van der Waals surface area contributed by atoms with Gasteiger partial charge in [0.25, 0.3) is 5.56 Å². The van der Waals surface area contributed by atoms with Crippen molar-refractivity contribution in [2.45, 2.75) is 12.6 Å². The number of hydrogen-bond donors (Lipinski definition) is 2. The van der Waals surface area contributed by atoms with Crippen molar-refractivity contribution in [2.75, 3.05) is 19.0 Å². The lowest BCUT2D eigenvalue weighted by molar-refractivity contribution is 0.165. The molecule has 3 aromatic rings. The molecule has 24 heavy (non-hydrogen) atoms. The summed E-state index contributed by atoms with van der Waals surface area (Å²) in [6.07, 6.45) is 0.747. The number of nitrogens with one attached hydrogen (secondary N) is 1. The maximum Gasteiger partial charge on any atom is 0.261 e. The van der Waals surface area contributed by atoms with Crippen molar-refractivity contribution in [2.24, 2.45) is 0 Å². The van der Waals surface area contributed by atoms with Crippen LogP contribution in [-0.4, -0.2) is 34.4 Å². The molecule has 0 saturated carbocycles. The molecule has 6 heteroatoms. The number of anilines is 1. The molecule has 0 aliphatic rings. The molecule has 2 N–H and O–H groups in total. The largest absolute Gasteiger partial charge is 0.497 e. The number of benzene rings is 2. The lowest BCUT2D eigenvalue weighted by Crippen LogP contribution is -2.31. The van der Waals surface area contributed by atoms with Crippen LogP contribution in [0.2, 0.25) is 0 Å². The van der Waals surface area contributed by atoms with Crippen molar-refractivity contribution in [3.05, 3.63) is 65.2 Å². The predicted molar refractivity (Wildman–Crippen MR) is 93.5 cm³/mol. The zero-order valence-electron chi connectivity index (χ0n) is 13.3. The van der Waals surface area contributed by atoms with E-state index in [4.69, 9.17) is 4.74 Å². The molecule has 124 valence electrons. The lowest BCUT2D eigenvalue weighted by Gasteiger charge is -2.15. The monoisotopic (exact) mass is 325 g/mol. The van der Waals surface area contributed by atoms with Gasteiger partial charge in [-0.1, -0.05) is 18.2 Å². The fraction of sp³-hybridized carbons (Fsp3) is 0.222. The predicted octanol–water partition coefficient (Wildman–Crippen LogP) is 1.88. The third-order valence-electron chi connectivity index (χ3n) is 3.75. The summed E-state index contributed by atoms with van der Waals surface area (Å²) < 4.78 is 6.59. The van der Waals surface area contributed by atoms with Gasteiger partial charge in [-0.05, 0) is 24.3 Å². The van der Waals surface area contributed by atoms with Crippen LogP contribution in [0.1, 0.15) is 0 Å². The first-order valence-electron chi connectivity index (χ1n) is 7.67. The Morgan fingerprint density at radius 2 is 2.08 bits per heavy atom. The van der Waals surface area contributed by atoms with Crippen LogP contribution in [0.15, 0.2) is 59.7 Å². The molecule has 1 aromatic heterocycles. The standard InChI is InChI=1S/C18H19N3O3/c1-24-15-6-4-5-13(9-15)19-10-14(22)11-21-12-20-17-8-3-2-7-16(17)18(21)23/h2-9,12,14,19,22H,10-11H2,1H3. The average molecular weight is 325 g/mol. The summed E-state index contributed by atoms with van der Waals surface area (Å²) in [5, 5.41) is 13.9. The average Bonchev–Trinajstić information content (AvgIpc) is 2.63. The fourth-order valence-corrected chi connectivity index (χ4v) is 2.50. The quantitative estimate of drug-likeness (QED) is 0.724. The number of aromatic nitrogens is 2. The van der Waals surface area contributed by atoms with Crippen LogP contribution in [0.4, 0.5) is 5.69 Å². The van der Waals surface area contributed by atoms with E-state index in [1.165, 1.54) is 10.9 Å². The van der Waals surface area contributed by atoms with E-state index in [9.17, 15) is 9.90 Å². The maximum atomic E-state index is 12.4. The minimum Gasteiger partial charge on any atom is -0.497 e. The second kappa shape index (κ2) is 7.14. The van der Waals surface area contributed by atoms with Crippen molar-refractivity contribution in [1.29, 1.82) is 0 Å². The highest BCUT2D eigenvalue weighted by molar-refractivity contribution is 5.76. The molecule has 1 heterocycles. The molecule has 6 nitrogen and oxygen atoms in total. The molecular formula is C18H19N3O3. The number of hydrogen-bond acceptors (Lipinski definition) is 5. The Labute approximate surface area is 139 Å². The number of ether oxygens (including phenoxy) is 1. The van der Waals surface area contributed by atoms with Crippen molar-refractivity contribution in [1.82, 2.24) is 9.55 Å². The van der Waals surface area contributed by atoms with Gasteiger partial charge in [0.1, 0.15) is 5.75 Å². The minimum atomic E-state index is -0.725. The van der Waals surface area contributed by atoms with Gasteiger partial charge >= 0.3 is 0 Å². The Morgan fingerprint density at radius 1 is 1.25 bits per heavy atom. The highest BCUT2D eigenvalue weighted by atomic mass is 16.5. The van der Waals surface area contributed by atoms with E-state index in [-0.39, 0.29) is 12.1 Å². The summed E-state index contributed by atoms with van der Waals surface area (Å²) in [6, 6.07) is 14.6. The number of rotatable bonds is 6. The molecule has 3 rings (SSSR count). The van der Waals surface area contributed by atoms with E-state index in [1.54, 1.807) is 25.3 Å². The van der Waals surface area contributed by atoms with E-state index in [0.717, 1.165) is 11.4 Å². The third kappa shape index (κ3) is 3.55. The molecule has 2 aromatic carbocycles. The first-order chi connectivity index (χ1) is 11.7. The topological polar surface area (TPSA) is 76.4 Å². The fourth-order valence-electron chi connectivity index (χ4n) is 2.50. The molecule has 0 spiro atoms. The van der Waals surface area contributed by atoms with Gasteiger partial charge in [0.05, 0.1) is 37.0 Å². The van der Waals surface area contributed by atoms with Crippen molar-refractivity contribution in [3.8, 4) is 5.75 Å². The normalized spacial score (nSPS) is 12.1. The summed E-state index contributed by atoms with van der Waals surface area (Å²) >= 11 is 0. The first-order valence-corrected chi connectivity index (χ1v) is 7.67. The highest BCUT2D eigenvalue weighted by Gasteiger charge is 2.09. The van der Waals surface area contributed by atoms with Gasteiger partial charge in [0, 0.05) is 18.3 Å². The Morgan fingerprint density at radius 3 is 2.92 bits per heavy atom. The second-order valence-corrected chi connectivity index (χ2v) is 5.49. The van der Waals surface area contributed by atoms with Crippen LogP contribution in [0.3, 0.4) is 0 Å². The maximum absolute atomic E-state index is 12.4. The van der Waals surface area contributed by atoms with Crippen molar-refractivity contribution < 1.29 is 9.84 Å². The molecule has 0 amide bonds. The Bertz CT molecular complexity index is 892. The zero-order chi connectivity index (χ0) is 16.9. The summed E-state index contributed by atoms with van der Waals surface area (Å²) in [6.45, 7) is 0.486. The molecule has 0 aliphatic carbocycles. The molecule has 0 radical (unpaired) electrons. The number of aliphatic hydroxyl groups is 1. The molecule has 1 unspecified atom stereocenters. The zero-order valence-corrected chi connectivity index (χ0v) is 13.3. The SMILES string of the molecule is COc1cccc(NCC(O)Cn2cnc3ccccc3c2=O)c1. The number of para-hydroxylation sites is 1. The van der Waals surface area contributed by atoms with Gasteiger partial charge in [0.2, 0.25) is 0 Å². The number of fused-ring (bicyclic) bond motifs is 1. The summed E-state index contributed by atoms with van der Waals surface area (Å²) in [5.41, 5.74) is 1.35. The highest BCUT2D eigenvalue weighted by Crippen LogP contribution is 2.16. The van der Waals surface area contributed by atoms with Crippen LogP contribution in [0.5, 0.6) is 5.75 Å². The van der Waals surface area contributed by atoms with Gasteiger partial charge in [0.15, 0.2) is 0 Å². The molecular weight excluding hydrogens is 306 g/mol. The van der Waals surface area contributed by atoms with Gasteiger partial charge in [-0.15, -0.1) is 0 Å². The summed E-state index contributed by atoms with van der Waals surface area (Å²) in [7, 11) is 1.60. The third-order valence-corrected chi connectivity index (χ3v) is 3.75. The molecule has 0 saturated heterocycles. The number of aliphatic hydroxyl groups excluding tert-OH is 1. The van der Waals surface area contributed by atoms with Crippen molar-refractivity contribution in [3.63, 3.8) is 0 Å². The van der Waals surface area contributed by atoms with Crippen LogP contribution in [-0.2, 0) is 6.54 Å². The van der Waals surface area contributed by atoms with Crippen LogP contribution in [0.25, 0.3) is 10.9 Å². The number of nitrogens with zero attached hydrogens (tertiary/aromatic N) is 2. The van der Waals surface area contributed by atoms with Crippen LogP contribution < -0.4 is 15.6 Å². The number of methoxy groups -OCH3 is 1. The lowest BCUT2D eigenvalue weighted by atomic mass is 10.2. The first kappa shape index (κ1) is 16.0. The second-order valence-electron chi connectivity index (χ2n) is 5.49. The van der Waals surface area contributed by atoms with Gasteiger partial charge in [-0.25, -0.2) is 4.98 Å². The van der Waals surface area contributed by atoms with Crippen LogP contribution in [0, 0.1) is 0 Å². The molecule has 0 bridgehead atoms. The van der Waals surface area contributed by atoms with Crippen molar-refractivity contribution >= 4 is 16.6 Å². The van der Waals surface area contributed by atoms with Gasteiger partial charge < -0.3 is 15.2 Å². The molecule has 1 atom stereocenters. The summed E-state index contributed by atoms with van der Waals surface area (Å²) in [5.74, 6) is 0.740. The van der Waals surface area contributed by atoms with E-state index in [2.05, 4.69) is 10.3 Å². The van der Waals surface area contributed by atoms with Gasteiger partial charge in [-0.3, -0.25) is 9.36 Å².